The van der Waals surface area contributed by atoms with Gasteiger partial charge in [-0.2, -0.15) is 13.2 Å². The second kappa shape index (κ2) is 11.2. The number of nitrogens with one attached hydrogen (secondary N) is 3. The largest absolute Gasteiger partial charge is 0.495 e. The summed E-state index contributed by atoms with van der Waals surface area (Å²) in [5, 5.41) is 10.7. The Morgan fingerprint density at radius 3 is 2.66 bits per heavy atom. The smallest absolute Gasteiger partial charge is 0.406 e. The minimum Gasteiger partial charge on any atom is -0.495 e. The van der Waals surface area contributed by atoms with Crippen LogP contribution in [-0.2, 0) is 16.4 Å². The summed E-state index contributed by atoms with van der Waals surface area (Å²) >= 11 is 0. The van der Waals surface area contributed by atoms with Crippen LogP contribution in [0, 0.1) is 17.8 Å². The minimum atomic E-state index is -4.35. The first-order chi connectivity index (χ1) is 17.9. The van der Waals surface area contributed by atoms with Gasteiger partial charge in [0.2, 0.25) is 0 Å². The maximum atomic E-state index is 13.2. The second-order valence-corrected chi connectivity index (χ2v) is 11.5. The standard InChI is InChI=1S/C27H31F3N4O3S/c1-18-16-31-11-8-22(18)33-24-13-19(14-25-21(24)9-12-34(25)17-27(28,29)30)5-4-10-32-23-7-6-20(38(3,35)36)15-26(23)37-2/h6-7,9,12-15,18,22,31-33H,8,10-11,16-17H2,1-3H3/t18-,22?/m0/s1. The van der Waals surface area contributed by atoms with Crippen molar-refractivity contribution >= 4 is 32.1 Å². The van der Waals surface area contributed by atoms with Gasteiger partial charge in [-0.25, -0.2) is 8.42 Å². The van der Waals surface area contributed by atoms with Crippen LogP contribution in [0.1, 0.15) is 18.9 Å². The Bertz CT molecular complexity index is 1470. The zero-order chi connectivity index (χ0) is 27.5. The van der Waals surface area contributed by atoms with Gasteiger partial charge >= 0.3 is 6.18 Å². The van der Waals surface area contributed by atoms with Crippen LogP contribution < -0.4 is 20.7 Å². The third-order valence-corrected chi connectivity index (χ3v) is 7.68. The Labute approximate surface area is 220 Å². The zero-order valence-electron chi connectivity index (χ0n) is 21.4. The van der Waals surface area contributed by atoms with E-state index in [1.807, 2.05) is 6.07 Å². The minimum absolute atomic E-state index is 0.143. The summed E-state index contributed by atoms with van der Waals surface area (Å²) < 4.78 is 69.7. The van der Waals surface area contributed by atoms with Gasteiger partial charge in [-0.05, 0) is 55.8 Å². The maximum absolute atomic E-state index is 13.2. The number of alkyl halides is 3. The molecule has 2 heterocycles. The predicted molar refractivity (Wildman–Crippen MR) is 144 cm³/mol. The van der Waals surface area contributed by atoms with Gasteiger partial charge in [-0.3, -0.25) is 0 Å². The molecule has 1 fully saturated rings. The number of anilines is 2. The first kappa shape index (κ1) is 27.7. The van der Waals surface area contributed by atoms with Crippen molar-refractivity contribution in [1.29, 1.82) is 0 Å². The molecule has 1 saturated heterocycles. The number of aromatic nitrogens is 1. The van der Waals surface area contributed by atoms with E-state index in [1.165, 1.54) is 30.0 Å². The lowest BCUT2D eigenvalue weighted by molar-refractivity contribution is -0.139. The number of ether oxygens (including phenoxy) is 1. The highest BCUT2D eigenvalue weighted by molar-refractivity contribution is 7.90. The molecule has 0 amide bonds. The highest BCUT2D eigenvalue weighted by atomic mass is 32.2. The maximum Gasteiger partial charge on any atom is 0.406 e. The van der Waals surface area contributed by atoms with Gasteiger partial charge in [0, 0.05) is 41.2 Å². The second-order valence-electron chi connectivity index (χ2n) is 9.53. The summed E-state index contributed by atoms with van der Waals surface area (Å²) in [6.45, 7) is 3.02. The van der Waals surface area contributed by atoms with E-state index in [-0.39, 0.29) is 17.5 Å². The van der Waals surface area contributed by atoms with E-state index in [2.05, 4.69) is 34.7 Å². The molecule has 1 unspecified atom stereocenters. The fraction of sp³-hybridized carbons (Fsp3) is 0.407. The van der Waals surface area contributed by atoms with Crippen LogP contribution in [0.2, 0.25) is 0 Å². The van der Waals surface area contributed by atoms with Crippen molar-refractivity contribution in [2.75, 3.05) is 43.6 Å². The third kappa shape index (κ3) is 6.74. The molecule has 2 aromatic carbocycles. The summed E-state index contributed by atoms with van der Waals surface area (Å²) in [6, 6.07) is 9.98. The molecule has 3 N–H and O–H groups in total. The summed E-state index contributed by atoms with van der Waals surface area (Å²) in [6.07, 6.45) is -0.857. The van der Waals surface area contributed by atoms with Crippen LogP contribution in [0.15, 0.2) is 47.5 Å². The Morgan fingerprint density at radius 1 is 1.18 bits per heavy atom. The highest BCUT2D eigenvalue weighted by Gasteiger charge is 2.29. The van der Waals surface area contributed by atoms with Gasteiger partial charge in [-0.1, -0.05) is 18.8 Å². The molecule has 2 atom stereocenters. The number of halogens is 3. The van der Waals surface area contributed by atoms with Crippen molar-refractivity contribution in [3.8, 4) is 17.6 Å². The number of hydrogen-bond acceptors (Lipinski definition) is 6. The Balaban J connectivity index is 1.60. The molecule has 4 rings (SSSR count). The third-order valence-electron chi connectivity index (χ3n) is 6.57. The molecule has 38 heavy (non-hydrogen) atoms. The highest BCUT2D eigenvalue weighted by Crippen LogP contribution is 2.31. The lowest BCUT2D eigenvalue weighted by atomic mass is 9.94. The van der Waals surface area contributed by atoms with Crippen molar-refractivity contribution in [2.24, 2.45) is 5.92 Å². The van der Waals surface area contributed by atoms with Crippen LogP contribution in [0.25, 0.3) is 10.9 Å². The number of hydrogen-bond donors (Lipinski definition) is 3. The van der Waals surface area contributed by atoms with Crippen molar-refractivity contribution in [3.05, 3.63) is 48.2 Å². The quantitative estimate of drug-likeness (QED) is 0.378. The fourth-order valence-corrected chi connectivity index (χ4v) is 5.22. The van der Waals surface area contributed by atoms with Crippen LogP contribution in [0.4, 0.5) is 24.5 Å². The van der Waals surface area contributed by atoms with Gasteiger partial charge in [0.15, 0.2) is 9.84 Å². The van der Waals surface area contributed by atoms with E-state index in [9.17, 15) is 21.6 Å². The van der Waals surface area contributed by atoms with Crippen LogP contribution in [0.5, 0.6) is 5.75 Å². The van der Waals surface area contributed by atoms with Crippen molar-refractivity contribution < 1.29 is 26.3 Å². The van der Waals surface area contributed by atoms with Gasteiger partial charge in [0.25, 0.3) is 0 Å². The Morgan fingerprint density at radius 2 is 1.97 bits per heavy atom. The molecule has 0 bridgehead atoms. The molecule has 0 radical (unpaired) electrons. The number of benzene rings is 2. The SMILES string of the molecule is COc1cc(S(C)(=O)=O)ccc1NCC#Cc1cc(NC2CCNC[C@@H]2C)c2ccn(CC(F)(F)F)c2c1. The lowest BCUT2D eigenvalue weighted by Gasteiger charge is -2.31. The summed E-state index contributed by atoms with van der Waals surface area (Å²) in [4.78, 5) is 0.143. The van der Waals surface area contributed by atoms with Crippen molar-refractivity contribution in [3.63, 3.8) is 0 Å². The molecule has 1 aliphatic heterocycles. The van der Waals surface area contributed by atoms with Gasteiger partial charge < -0.3 is 25.3 Å². The monoisotopic (exact) mass is 548 g/mol. The molecule has 3 aromatic rings. The summed E-state index contributed by atoms with van der Waals surface area (Å²) in [5.74, 6) is 6.78. The van der Waals surface area contributed by atoms with E-state index in [4.69, 9.17) is 4.74 Å². The van der Waals surface area contributed by atoms with Gasteiger partial charge in [0.1, 0.15) is 12.3 Å². The van der Waals surface area contributed by atoms with E-state index in [0.29, 0.717) is 28.4 Å². The van der Waals surface area contributed by atoms with Crippen molar-refractivity contribution in [1.82, 2.24) is 9.88 Å². The number of piperidine rings is 1. The average Bonchev–Trinajstić information content (AvgIpc) is 3.24. The first-order valence-corrected chi connectivity index (χ1v) is 14.1. The summed E-state index contributed by atoms with van der Waals surface area (Å²) in [5.41, 5.74) is 2.39. The molecule has 1 aliphatic rings. The van der Waals surface area contributed by atoms with Crippen LogP contribution in [-0.4, -0.2) is 58.2 Å². The number of methoxy groups -OCH3 is 1. The first-order valence-electron chi connectivity index (χ1n) is 12.2. The van der Waals surface area contributed by atoms with E-state index in [0.717, 1.165) is 36.8 Å². The number of sulfone groups is 1. The zero-order valence-corrected chi connectivity index (χ0v) is 22.3. The van der Waals surface area contributed by atoms with Crippen molar-refractivity contribution in [2.45, 2.75) is 37.0 Å². The Hall–Kier alpha value is -3.36. The fourth-order valence-electron chi connectivity index (χ4n) is 4.58. The molecule has 0 spiro atoms. The van der Waals surface area contributed by atoms with Gasteiger partial charge in [0.05, 0.1) is 29.8 Å². The Kier molecular flexibility index (Phi) is 8.13. The molecular formula is C27H31F3N4O3S. The molecule has 1 aromatic heterocycles. The number of fused-ring (bicyclic) bond motifs is 1. The van der Waals surface area contributed by atoms with E-state index < -0.39 is 22.6 Å². The summed E-state index contributed by atoms with van der Waals surface area (Å²) in [7, 11) is -1.93. The number of rotatable bonds is 7. The van der Waals surface area contributed by atoms with Crippen LogP contribution in [0.3, 0.4) is 0 Å². The predicted octanol–water partition coefficient (Wildman–Crippen LogP) is 4.49. The number of nitrogens with zero attached hydrogens (tertiary/aromatic N) is 1. The lowest BCUT2D eigenvalue weighted by Crippen LogP contribution is -2.42. The van der Waals surface area contributed by atoms with Crippen LogP contribution >= 0.6 is 0 Å². The molecule has 11 heteroatoms. The molecule has 7 nitrogen and oxygen atoms in total. The topological polar surface area (TPSA) is 84.4 Å². The van der Waals surface area contributed by atoms with Gasteiger partial charge in [-0.15, -0.1) is 0 Å². The normalized spacial score (nSPS) is 18.1. The average molecular weight is 549 g/mol. The molecule has 204 valence electrons. The molecular weight excluding hydrogens is 517 g/mol. The molecule has 0 saturated carbocycles. The molecule has 0 aliphatic carbocycles. The van der Waals surface area contributed by atoms with E-state index in [1.54, 1.807) is 18.2 Å². The van der Waals surface area contributed by atoms with E-state index >= 15 is 0 Å².